The summed E-state index contributed by atoms with van der Waals surface area (Å²) in [5.74, 6) is -2.43. The van der Waals surface area contributed by atoms with Crippen molar-refractivity contribution in [2.75, 3.05) is 62.5 Å². The minimum Gasteiger partial charge on any atom is -0.398 e. The number of nitro groups is 1. The van der Waals surface area contributed by atoms with Crippen LogP contribution in [0.3, 0.4) is 0 Å². The number of hydrogen-bond acceptors (Lipinski definition) is 21. The molecular formula is C112H125Br4F7N9O16Pd-. The first-order valence-electron chi connectivity index (χ1n) is 50.5. The summed E-state index contributed by atoms with van der Waals surface area (Å²) in [4.78, 5) is 109. The number of carbonyl (C=O) groups excluding carboxylic acids is 7. The Morgan fingerprint density at radius 1 is 0.416 bits per heavy atom. The molecule has 37 heteroatoms. The third-order valence-corrected chi connectivity index (χ3v) is 38.6. The number of nitrogens with zero attached hydrogens (tertiary/aromatic N) is 5. The third kappa shape index (κ3) is 20.1. The van der Waals surface area contributed by atoms with Crippen molar-refractivity contribution < 1.29 is 123 Å². The number of nitro benzene ring substituents is 1. The first-order chi connectivity index (χ1) is 70.2. The Kier molecular flexibility index (Phi) is 34.8. The molecule has 2 heterocycles. The zero-order valence-corrected chi connectivity index (χ0v) is 92.7. The maximum Gasteiger partial charge on any atom is 0.322 e. The minimum absolute atomic E-state index is 0. The average Bonchev–Trinajstić information content (AvgIpc) is 1.51. The number of Topliss-reactive ketones (excluding diaryl/α,β-unsaturated/α-hetero) is 4. The molecule has 23 rings (SSSR count). The van der Waals surface area contributed by atoms with Gasteiger partial charge >= 0.3 is 6.03 Å². The van der Waals surface area contributed by atoms with Crippen LogP contribution in [0.4, 0.5) is 46.9 Å². The standard InChI is InChI=1S/C18H21BrFN3O2.C17H18BrFN2O3.C16H16BrFN2O.C15H16BrFO2.C15H16FNO4.C15H18FNO2.C15H17FO2.CH3.Pd/c1-23-15(24)18(22-16(23)21)14-11(13(20)4-3-12(14)19)9-17(18)7-5-10(25-2)6-8-17;1-24-9-4-6-16(7-5-9)8-10-12(19)3-2-11(18)13(10)17(16)14(22)20-15(23)21-17;1-21-10-4-6-16(7-5-10)8-11-13(18)3-2-12(17)14(11)15(16)20-9-19;1-19-9-4-6-15(7-5-9)8-10-12(17)3-2-11(16)13(10)14(15)18;1-21-9-4-6-15(7-5-9)8-10-11(16)2-3-12(17(19)20)13(10)14(15)18;1-19-9-4-6-15(7-5-9)8-10-11(16)2-3-12(17)13(10)14(15)18;1-18-10-5-7-15(8-6-10)9-12-11(14(15)17)3-2-4-13(12)16;;/h3-4,10H,5-9H2,1-2H3,(H2,21,22);2-3,9H,4-8H2,1H3,(H2,20,21,22,23);2-3,10H,4-8H2,1H3;2-3,9H,4-8H2,1H3;2-3,9H,4-8H2,1H3;2-3,9H,4-8,17H2,1H3;2-4,10H,5-9H2,1H3;1H3;/q;;;;;;;-1;. The molecule has 2 aliphatic heterocycles. The molecule has 7 saturated carbocycles. The van der Waals surface area contributed by atoms with Crippen molar-refractivity contribution in [2.45, 2.75) is 279 Å². The summed E-state index contributed by atoms with van der Waals surface area (Å²) < 4.78 is 140. The number of fused-ring (bicyclic) bond motifs is 11. The van der Waals surface area contributed by atoms with Crippen LogP contribution < -0.4 is 22.1 Å². The van der Waals surface area contributed by atoms with E-state index in [1.807, 2.05) is 6.19 Å². The number of rotatable bonds is 8. The Morgan fingerprint density at radius 3 is 1.14 bits per heavy atom. The Labute approximate surface area is 910 Å². The first kappa shape index (κ1) is 114. The van der Waals surface area contributed by atoms with Crippen molar-refractivity contribution in [1.29, 1.82) is 5.26 Å². The number of halogens is 11. The monoisotopic (exact) mass is 2410 g/mol. The van der Waals surface area contributed by atoms with E-state index in [0.717, 1.165) is 191 Å². The van der Waals surface area contributed by atoms with Crippen LogP contribution >= 0.6 is 63.7 Å². The van der Waals surface area contributed by atoms with Crippen molar-refractivity contribution in [2.24, 2.45) is 53.6 Å². The fraction of sp³-hybridized carbons (Fsp3) is 0.527. The SMILES string of the molecule is COC1CCC2(CC1)Cc1c(F)ccc(Br)c1C21N=C(N)N(C)C1=O.COC1CCC2(CC1)Cc1c(F)ccc(Br)c1C21NC(=O)NC1=O.COC1CCC2(CC1)Cc1c(F)ccc(Br)c1C2=NC#N.COC1CCC2(CC1)Cc1c(F)ccc(Br)c1C2=O.COC1CCC2(CC1)Cc1c(F)ccc(N)c1C2=O.COC1CCC2(CC1)Cc1c(F)ccc([N+](=O)[O-])c1C2=O.COC1CCC2(CC1)Cc1c(F)cccc1C2=O.[CH3-].[Pd]. The van der Waals surface area contributed by atoms with E-state index in [0.29, 0.717) is 136 Å². The van der Waals surface area contributed by atoms with Gasteiger partial charge in [-0.15, -0.1) is 0 Å². The summed E-state index contributed by atoms with van der Waals surface area (Å²) in [6.45, 7) is 0. The molecule has 16 aliphatic rings. The molecule has 149 heavy (non-hydrogen) atoms. The van der Waals surface area contributed by atoms with Crippen LogP contribution in [-0.2, 0) is 119 Å². The van der Waals surface area contributed by atoms with Crippen LogP contribution in [0, 0.1) is 108 Å². The molecule has 1 saturated heterocycles. The van der Waals surface area contributed by atoms with Crippen LogP contribution in [0.5, 0.6) is 0 Å². The number of benzene rings is 7. The van der Waals surface area contributed by atoms with E-state index in [1.165, 1.54) is 47.4 Å². The third-order valence-electron chi connectivity index (χ3n) is 36.0. The molecule has 802 valence electrons. The second-order valence-corrected chi connectivity index (χ2v) is 46.2. The van der Waals surface area contributed by atoms with Gasteiger partial charge in [0.25, 0.3) is 17.5 Å². The Bertz CT molecular complexity index is 6410. The summed E-state index contributed by atoms with van der Waals surface area (Å²) >= 11 is 13.9. The zero-order chi connectivity index (χ0) is 105. The van der Waals surface area contributed by atoms with E-state index >= 15 is 0 Å². The van der Waals surface area contributed by atoms with E-state index in [1.54, 1.807) is 93.2 Å². The molecule has 0 radical (unpaired) electrons. The maximum atomic E-state index is 14.7. The molecule has 7 aromatic rings. The molecule has 8 fully saturated rings. The van der Waals surface area contributed by atoms with Crippen LogP contribution in [0.15, 0.2) is 119 Å². The fourth-order valence-corrected chi connectivity index (χ4v) is 30.1. The van der Waals surface area contributed by atoms with Crippen LogP contribution in [0.1, 0.15) is 277 Å². The van der Waals surface area contributed by atoms with Gasteiger partial charge in [0.2, 0.25) is 6.19 Å². The van der Waals surface area contributed by atoms with Gasteiger partial charge in [0.05, 0.1) is 53.4 Å². The van der Waals surface area contributed by atoms with Gasteiger partial charge in [0.1, 0.15) is 46.3 Å². The van der Waals surface area contributed by atoms with Crippen molar-refractivity contribution in [3.05, 3.63) is 245 Å². The number of nitrogens with one attached hydrogen (secondary N) is 2. The number of imide groups is 1. The minimum atomic E-state index is -1.21. The number of likely N-dealkylation sites (N-methyl/N-ethyl adjacent to an activating group) is 1. The molecule has 0 aromatic heterocycles. The van der Waals surface area contributed by atoms with Crippen molar-refractivity contribution in [3.8, 4) is 6.19 Å². The molecule has 2 atom stereocenters. The number of aliphatic imine (C=N–C) groups is 2. The number of carbonyl (C=O) groups is 7. The van der Waals surface area contributed by atoms with Crippen LogP contribution in [-0.4, -0.2) is 162 Å². The van der Waals surface area contributed by atoms with Gasteiger partial charge in [0, 0.05) is 195 Å². The van der Waals surface area contributed by atoms with E-state index in [9.17, 15) is 74.4 Å². The van der Waals surface area contributed by atoms with Gasteiger partial charge in [-0.1, -0.05) is 75.9 Å². The molecule has 25 nitrogen and oxygen atoms in total. The smallest absolute Gasteiger partial charge is 0.322 e. The van der Waals surface area contributed by atoms with Crippen molar-refractivity contribution >= 4 is 128 Å². The summed E-state index contributed by atoms with van der Waals surface area (Å²) in [6.07, 6.45) is 29.2. The average molecular weight is 2410 g/mol. The number of urea groups is 1. The van der Waals surface area contributed by atoms with Gasteiger partial charge in [-0.3, -0.25) is 49.1 Å². The second kappa shape index (κ2) is 45.4. The largest absolute Gasteiger partial charge is 0.398 e. The normalized spacial score (nSPS) is 30.7. The maximum absolute atomic E-state index is 14.7. The first-order valence-corrected chi connectivity index (χ1v) is 53.7. The summed E-state index contributed by atoms with van der Waals surface area (Å²) in [5.41, 5.74) is 14.7. The van der Waals surface area contributed by atoms with Gasteiger partial charge in [-0.2, -0.15) is 10.3 Å². The molecule has 7 aromatic carbocycles. The number of nitrogens with two attached hydrogens (primary N) is 2. The Hall–Kier alpha value is -8.73. The number of nitrogen functional groups attached to an aromatic ring is 1. The predicted octanol–water partition coefficient (Wildman–Crippen LogP) is 22.7. The predicted molar refractivity (Wildman–Crippen MR) is 555 cm³/mol. The van der Waals surface area contributed by atoms with Crippen LogP contribution in [0.25, 0.3) is 0 Å². The fourth-order valence-electron chi connectivity index (χ4n) is 27.7. The Morgan fingerprint density at radius 2 is 0.745 bits per heavy atom. The number of guanidine groups is 1. The summed E-state index contributed by atoms with van der Waals surface area (Å²) in [5, 5.41) is 25.4. The van der Waals surface area contributed by atoms with Gasteiger partial charge in [0.15, 0.2) is 40.2 Å². The molecule has 2 unspecified atom stereocenters. The second-order valence-electron chi connectivity index (χ2n) is 42.8. The van der Waals surface area contributed by atoms with E-state index in [-0.39, 0.29) is 186 Å². The number of hydrogen-bond donors (Lipinski definition) is 4. The summed E-state index contributed by atoms with van der Waals surface area (Å²) in [7, 11) is 13.5. The molecular weight excluding hydrogens is 2290 g/mol. The number of methoxy groups -OCH3 is 7. The van der Waals surface area contributed by atoms with Gasteiger partial charge in [-0.25, -0.2) is 40.5 Å². The van der Waals surface area contributed by atoms with E-state index in [4.69, 9.17) is 49.9 Å². The number of amides is 4. The Balaban J connectivity index is 0.000000130. The molecule has 6 N–H and O–H groups in total. The van der Waals surface area contributed by atoms with E-state index < -0.39 is 49.5 Å². The number of ketones is 4. The molecule has 14 aliphatic carbocycles. The van der Waals surface area contributed by atoms with Gasteiger partial charge < -0.3 is 57.4 Å². The number of anilines is 1. The topological polar surface area (TPSA) is 355 Å². The molecule has 4 amide bonds. The quantitative estimate of drug-likeness (QED) is 0.0160. The van der Waals surface area contributed by atoms with Crippen molar-refractivity contribution in [3.63, 3.8) is 0 Å². The summed E-state index contributed by atoms with van der Waals surface area (Å²) in [6, 6.07) is 21.7. The molecule has 9 spiro atoms. The zero-order valence-electron chi connectivity index (χ0n) is 84.8. The van der Waals surface area contributed by atoms with Crippen molar-refractivity contribution in [1.82, 2.24) is 15.5 Å². The number of ether oxygens (including phenoxy) is 7. The van der Waals surface area contributed by atoms with E-state index in [2.05, 4.69) is 84.3 Å². The number of nitriles is 1. The van der Waals surface area contributed by atoms with Crippen LogP contribution in [0.2, 0.25) is 0 Å². The molecule has 0 bridgehead atoms. The van der Waals surface area contributed by atoms with Gasteiger partial charge in [-0.05, 0) is 320 Å².